The molecular weight excluding hydrogens is 557 g/mol. The molecule has 0 bridgehead atoms. The highest BCUT2D eigenvalue weighted by atomic mass is 32.2. The van der Waals surface area contributed by atoms with Crippen molar-refractivity contribution in [3.63, 3.8) is 0 Å². The first-order valence-electron chi connectivity index (χ1n) is 14.2. The van der Waals surface area contributed by atoms with Crippen LogP contribution < -0.4 is 14.4 Å². The maximum absolute atomic E-state index is 14.1. The minimum atomic E-state index is -4.22. The van der Waals surface area contributed by atoms with Gasteiger partial charge in [0.2, 0.25) is 11.8 Å². The van der Waals surface area contributed by atoms with Gasteiger partial charge in [-0.25, -0.2) is 12.8 Å². The molecule has 1 atom stereocenters. The zero-order chi connectivity index (χ0) is 30.3. The summed E-state index contributed by atoms with van der Waals surface area (Å²) in [6.45, 7) is 2.85. The lowest BCUT2D eigenvalue weighted by atomic mass is 9.95. The summed E-state index contributed by atoms with van der Waals surface area (Å²) in [5.41, 5.74) is 1.58. The van der Waals surface area contributed by atoms with E-state index in [1.165, 1.54) is 36.3 Å². The molecule has 0 aliphatic heterocycles. The van der Waals surface area contributed by atoms with Crippen LogP contribution in [-0.4, -0.2) is 50.9 Å². The molecule has 3 aromatic carbocycles. The van der Waals surface area contributed by atoms with Gasteiger partial charge in [-0.3, -0.25) is 13.9 Å². The third kappa shape index (κ3) is 7.47. The topological polar surface area (TPSA) is 96.0 Å². The van der Waals surface area contributed by atoms with E-state index in [2.05, 4.69) is 5.32 Å². The largest absolute Gasteiger partial charge is 0.495 e. The van der Waals surface area contributed by atoms with Crippen LogP contribution in [0.15, 0.2) is 77.7 Å². The number of sulfonamides is 1. The van der Waals surface area contributed by atoms with Crippen molar-refractivity contribution >= 4 is 27.5 Å². The number of nitrogens with one attached hydrogen (secondary N) is 1. The molecule has 0 saturated heterocycles. The van der Waals surface area contributed by atoms with Crippen molar-refractivity contribution < 1.29 is 27.1 Å². The average molecular weight is 596 g/mol. The van der Waals surface area contributed by atoms with Gasteiger partial charge in [0.25, 0.3) is 10.0 Å². The Morgan fingerprint density at radius 3 is 2.31 bits per heavy atom. The molecule has 1 aliphatic carbocycles. The molecule has 3 aromatic rings. The first-order chi connectivity index (χ1) is 20.1. The van der Waals surface area contributed by atoms with Crippen LogP contribution >= 0.6 is 0 Å². The van der Waals surface area contributed by atoms with E-state index in [1.54, 1.807) is 55.5 Å². The van der Waals surface area contributed by atoms with Gasteiger partial charge in [-0.15, -0.1) is 0 Å². The summed E-state index contributed by atoms with van der Waals surface area (Å²) >= 11 is 0. The second-order valence-electron chi connectivity index (χ2n) is 10.7. The molecule has 1 aliphatic rings. The molecule has 0 heterocycles. The molecule has 10 heteroatoms. The van der Waals surface area contributed by atoms with Gasteiger partial charge in [-0.1, -0.05) is 55.7 Å². The van der Waals surface area contributed by atoms with Crippen molar-refractivity contribution in [1.82, 2.24) is 10.2 Å². The van der Waals surface area contributed by atoms with Crippen LogP contribution in [0.25, 0.3) is 0 Å². The molecule has 8 nitrogen and oxygen atoms in total. The number of hydrogen-bond donors (Lipinski definition) is 1. The molecule has 2 amide bonds. The van der Waals surface area contributed by atoms with Gasteiger partial charge in [-0.05, 0) is 74.2 Å². The molecular formula is C32H38FN3O5S. The molecule has 1 N–H and O–H groups in total. The average Bonchev–Trinajstić information content (AvgIpc) is 3.00. The fourth-order valence-electron chi connectivity index (χ4n) is 5.17. The number of nitrogens with zero attached hydrogens (tertiary/aromatic N) is 2. The maximum Gasteiger partial charge on any atom is 0.264 e. The van der Waals surface area contributed by atoms with Crippen LogP contribution in [0.5, 0.6) is 5.75 Å². The van der Waals surface area contributed by atoms with Crippen molar-refractivity contribution in [2.75, 3.05) is 18.0 Å². The molecule has 224 valence electrons. The van der Waals surface area contributed by atoms with Crippen molar-refractivity contribution in [2.24, 2.45) is 0 Å². The van der Waals surface area contributed by atoms with Crippen LogP contribution in [-0.2, 0) is 26.2 Å². The Hall–Kier alpha value is -3.92. The SMILES string of the molecule is COc1ccc(C)cc1N(CC(=O)N(Cc1ccc(F)cc1)C(C)C(=O)NC1CCCCC1)S(=O)(=O)c1ccccc1. The lowest BCUT2D eigenvalue weighted by molar-refractivity contribution is -0.139. The van der Waals surface area contributed by atoms with Gasteiger partial charge in [0.1, 0.15) is 24.2 Å². The minimum absolute atomic E-state index is 0.00883. The van der Waals surface area contributed by atoms with E-state index < -0.39 is 34.3 Å². The number of rotatable bonds is 11. The van der Waals surface area contributed by atoms with Gasteiger partial charge in [-0.2, -0.15) is 0 Å². The van der Waals surface area contributed by atoms with Crippen molar-refractivity contribution in [3.8, 4) is 5.75 Å². The molecule has 4 rings (SSSR count). The number of amides is 2. The van der Waals surface area contributed by atoms with E-state index in [0.717, 1.165) is 42.0 Å². The van der Waals surface area contributed by atoms with Crippen LogP contribution in [0.4, 0.5) is 10.1 Å². The number of halogens is 1. The van der Waals surface area contributed by atoms with Crippen molar-refractivity contribution in [1.29, 1.82) is 0 Å². The number of hydrogen-bond acceptors (Lipinski definition) is 5. The summed E-state index contributed by atoms with van der Waals surface area (Å²) in [4.78, 5) is 28.9. The highest BCUT2D eigenvalue weighted by Gasteiger charge is 2.34. The molecule has 1 saturated carbocycles. The zero-order valence-corrected chi connectivity index (χ0v) is 25.1. The summed E-state index contributed by atoms with van der Waals surface area (Å²) in [7, 11) is -2.79. The Labute approximate surface area is 247 Å². The third-order valence-corrected chi connectivity index (χ3v) is 9.37. The van der Waals surface area contributed by atoms with Gasteiger partial charge in [0.05, 0.1) is 17.7 Å². The standard InChI is InChI=1S/C32H38FN3O5S/c1-23-14-19-30(41-3)29(20-23)36(42(39,40)28-12-8-5-9-13-28)22-31(37)35(21-25-15-17-26(33)18-16-25)24(2)32(38)34-27-10-6-4-7-11-27/h5,8-9,12-20,24,27H,4,6-7,10-11,21-22H2,1-3H3,(H,34,38). The maximum atomic E-state index is 14.1. The van der Waals surface area contributed by atoms with E-state index in [1.807, 2.05) is 6.92 Å². The fraction of sp³-hybridized carbons (Fsp3) is 0.375. The number of ether oxygens (including phenoxy) is 1. The Balaban J connectivity index is 1.71. The predicted molar refractivity (Wildman–Crippen MR) is 160 cm³/mol. The monoisotopic (exact) mass is 595 g/mol. The first kappa shape index (κ1) is 31.0. The second-order valence-corrected chi connectivity index (χ2v) is 12.5. The number of benzene rings is 3. The van der Waals surface area contributed by atoms with E-state index >= 15 is 0 Å². The molecule has 42 heavy (non-hydrogen) atoms. The van der Waals surface area contributed by atoms with Crippen molar-refractivity contribution in [3.05, 3.63) is 89.7 Å². The zero-order valence-electron chi connectivity index (χ0n) is 24.3. The number of anilines is 1. The third-order valence-electron chi connectivity index (χ3n) is 7.60. The Kier molecular flexibility index (Phi) is 10.2. The minimum Gasteiger partial charge on any atom is -0.495 e. The van der Waals surface area contributed by atoms with Crippen LogP contribution in [0.1, 0.15) is 50.2 Å². The first-order valence-corrected chi connectivity index (χ1v) is 15.6. The van der Waals surface area contributed by atoms with Crippen LogP contribution in [0, 0.1) is 12.7 Å². The summed E-state index contributed by atoms with van der Waals surface area (Å²) in [6.07, 6.45) is 4.94. The number of carbonyl (C=O) groups excluding carboxylic acids is 2. The van der Waals surface area contributed by atoms with Gasteiger partial charge in [0.15, 0.2) is 0 Å². The number of aryl methyl sites for hydroxylation is 1. The summed E-state index contributed by atoms with van der Waals surface area (Å²) < 4.78 is 48.2. The second kappa shape index (κ2) is 13.8. The van der Waals surface area contributed by atoms with E-state index in [0.29, 0.717) is 5.56 Å². The fourth-order valence-corrected chi connectivity index (χ4v) is 6.60. The predicted octanol–water partition coefficient (Wildman–Crippen LogP) is 5.20. The highest BCUT2D eigenvalue weighted by Crippen LogP contribution is 2.33. The highest BCUT2D eigenvalue weighted by molar-refractivity contribution is 7.92. The summed E-state index contributed by atoms with van der Waals surface area (Å²) in [5.74, 6) is -1.05. The lowest BCUT2D eigenvalue weighted by Crippen LogP contribution is -2.53. The van der Waals surface area contributed by atoms with E-state index in [-0.39, 0.29) is 34.8 Å². The van der Waals surface area contributed by atoms with E-state index in [4.69, 9.17) is 4.74 Å². The molecule has 0 aromatic heterocycles. The van der Waals surface area contributed by atoms with Crippen LogP contribution in [0.3, 0.4) is 0 Å². The normalized spacial score (nSPS) is 14.6. The summed E-state index contributed by atoms with van der Waals surface area (Å²) in [5, 5.41) is 3.07. The smallest absolute Gasteiger partial charge is 0.264 e. The number of methoxy groups -OCH3 is 1. The quantitative estimate of drug-likeness (QED) is 0.329. The van der Waals surface area contributed by atoms with Gasteiger partial charge < -0.3 is 15.0 Å². The molecule has 1 fully saturated rings. The van der Waals surface area contributed by atoms with Crippen LogP contribution in [0.2, 0.25) is 0 Å². The van der Waals surface area contributed by atoms with Gasteiger partial charge >= 0.3 is 0 Å². The molecule has 0 radical (unpaired) electrons. The Morgan fingerprint density at radius 1 is 1.00 bits per heavy atom. The molecule has 0 spiro atoms. The lowest BCUT2D eigenvalue weighted by Gasteiger charge is -2.33. The molecule has 1 unspecified atom stereocenters. The van der Waals surface area contributed by atoms with E-state index in [9.17, 15) is 22.4 Å². The summed E-state index contributed by atoms with van der Waals surface area (Å²) in [6, 6.07) is 17.7. The Bertz CT molecular complexity index is 1480. The van der Waals surface area contributed by atoms with Gasteiger partial charge in [0, 0.05) is 12.6 Å². The number of carbonyl (C=O) groups is 2. The Morgan fingerprint density at radius 2 is 1.67 bits per heavy atom. The van der Waals surface area contributed by atoms with Crippen molar-refractivity contribution in [2.45, 2.75) is 69.5 Å².